The quantitative estimate of drug-likeness (QED) is 0.692. The predicted molar refractivity (Wildman–Crippen MR) is 119 cm³/mol. The minimum absolute atomic E-state index is 0.0300. The standard InChI is InChI=1S/C24H29N3O3/c1-17-6-10-19(11-7-17)23(28)26-22(24(29)25-16-21-5-4-14-30-21)15-18-8-12-20(13-9-18)27(2)3/h6-13,15,21H,4-5,14,16H2,1-3H3,(H,25,29)(H,26,28)/b22-15+/t21-/m0/s1. The van der Waals surface area contributed by atoms with Gasteiger partial charge >= 0.3 is 0 Å². The Morgan fingerprint density at radius 1 is 1.10 bits per heavy atom. The predicted octanol–water partition coefficient (Wildman–Crippen LogP) is 3.13. The Hall–Kier alpha value is -3.12. The van der Waals surface area contributed by atoms with Gasteiger partial charge in [0.1, 0.15) is 5.70 Å². The molecule has 2 aromatic carbocycles. The van der Waals surface area contributed by atoms with Crippen LogP contribution < -0.4 is 15.5 Å². The maximum atomic E-state index is 12.8. The lowest BCUT2D eigenvalue weighted by molar-refractivity contribution is -0.118. The van der Waals surface area contributed by atoms with Crippen LogP contribution in [0.25, 0.3) is 6.08 Å². The van der Waals surface area contributed by atoms with Crippen LogP contribution in [-0.2, 0) is 9.53 Å². The summed E-state index contributed by atoms with van der Waals surface area (Å²) >= 11 is 0. The molecule has 2 aromatic rings. The van der Waals surface area contributed by atoms with Gasteiger partial charge in [0.05, 0.1) is 6.10 Å². The molecular formula is C24H29N3O3. The van der Waals surface area contributed by atoms with E-state index < -0.39 is 0 Å². The van der Waals surface area contributed by atoms with E-state index >= 15 is 0 Å². The zero-order chi connectivity index (χ0) is 21.5. The van der Waals surface area contributed by atoms with Gasteiger partial charge in [-0.15, -0.1) is 0 Å². The Kier molecular flexibility index (Phi) is 7.25. The average molecular weight is 408 g/mol. The van der Waals surface area contributed by atoms with Gasteiger partial charge in [0, 0.05) is 38.5 Å². The summed E-state index contributed by atoms with van der Waals surface area (Å²) in [5.41, 5.74) is 3.66. The van der Waals surface area contributed by atoms with Crippen molar-refractivity contribution in [1.29, 1.82) is 0 Å². The van der Waals surface area contributed by atoms with Crippen molar-refractivity contribution < 1.29 is 14.3 Å². The Labute approximate surface area is 177 Å². The second-order valence-corrected chi connectivity index (χ2v) is 7.71. The lowest BCUT2D eigenvalue weighted by atomic mass is 10.1. The van der Waals surface area contributed by atoms with E-state index in [1.54, 1.807) is 18.2 Å². The molecule has 1 aliphatic heterocycles. The van der Waals surface area contributed by atoms with Crippen LogP contribution >= 0.6 is 0 Å². The molecule has 6 nitrogen and oxygen atoms in total. The first-order valence-corrected chi connectivity index (χ1v) is 10.2. The van der Waals surface area contributed by atoms with Crippen molar-refractivity contribution in [1.82, 2.24) is 10.6 Å². The van der Waals surface area contributed by atoms with E-state index in [2.05, 4.69) is 10.6 Å². The molecule has 3 rings (SSSR count). The fourth-order valence-electron chi connectivity index (χ4n) is 3.20. The van der Waals surface area contributed by atoms with Crippen LogP contribution in [0.15, 0.2) is 54.2 Å². The highest BCUT2D eigenvalue weighted by Crippen LogP contribution is 2.15. The highest BCUT2D eigenvalue weighted by Gasteiger charge is 2.19. The van der Waals surface area contributed by atoms with Crippen molar-refractivity contribution in [2.45, 2.75) is 25.9 Å². The second-order valence-electron chi connectivity index (χ2n) is 7.71. The van der Waals surface area contributed by atoms with E-state index in [-0.39, 0.29) is 23.6 Å². The number of benzene rings is 2. The number of amides is 2. The molecule has 1 heterocycles. The minimum Gasteiger partial charge on any atom is -0.378 e. The third kappa shape index (κ3) is 5.94. The number of rotatable bonds is 7. The Bertz CT molecular complexity index is 896. The summed E-state index contributed by atoms with van der Waals surface area (Å²) < 4.78 is 5.57. The van der Waals surface area contributed by atoms with Crippen LogP contribution in [0.2, 0.25) is 0 Å². The van der Waals surface area contributed by atoms with Crippen LogP contribution in [0.4, 0.5) is 5.69 Å². The number of carbonyl (C=O) groups excluding carboxylic acids is 2. The number of nitrogens with one attached hydrogen (secondary N) is 2. The van der Waals surface area contributed by atoms with Gasteiger partial charge < -0.3 is 20.3 Å². The van der Waals surface area contributed by atoms with E-state index in [0.29, 0.717) is 12.1 Å². The van der Waals surface area contributed by atoms with E-state index in [4.69, 9.17) is 4.74 Å². The van der Waals surface area contributed by atoms with Gasteiger partial charge in [-0.3, -0.25) is 9.59 Å². The topological polar surface area (TPSA) is 70.7 Å². The van der Waals surface area contributed by atoms with Gasteiger partial charge in [-0.05, 0) is 55.7 Å². The zero-order valence-corrected chi connectivity index (χ0v) is 17.8. The van der Waals surface area contributed by atoms with Gasteiger partial charge in [-0.1, -0.05) is 29.8 Å². The molecule has 1 atom stereocenters. The molecule has 0 spiro atoms. The molecule has 2 N–H and O–H groups in total. The van der Waals surface area contributed by atoms with Crippen LogP contribution in [-0.4, -0.2) is 45.2 Å². The second kappa shape index (κ2) is 10.1. The molecule has 158 valence electrons. The molecule has 0 aliphatic carbocycles. The molecule has 0 radical (unpaired) electrons. The summed E-state index contributed by atoms with van der Waals surface area (Å²) in [4.78, 5) is 27.5. The third-order valence-corrected chi connectivity index (χ3v) is 5.04. The monoisotopic (exact) mass is 407 g/mol. The van der Waals surface area contributed by atoms with E-state index in [1.807, 2.05) is 62.3 Å². The molecule has 1 saturated heterocycles. The summed E-state index contributed by atoms with van der Waals surface area (Å²) in [7, 11) is 3.94. The highest BCUT2D eigenvalue weighted by molar-refractivity contribution is 6.05. The SMILES string of the molecule is Cc1ccc(C(=O)N/C(=C/c2ccc(N(C)C)cc2)C(=O)NC[C@@H]2CCCO2)cc1. The molecule has 0 bridgehead atoms. The van der Waals surface area contributed by atoms with E-state index in [0.717, 1.165) is 36.3 Å². The van der Waals surface area contributed by atoms with E-state index in [9.17, 15) is 9.59 Å². The molecule has 30 heavy (non-hydrogen) atoms. The molecule has 2 amide bonds. The van der Waals surface area contributed by atoms with Crippen LogP contribution in [0, 0.1) is 6.92 Å². The van der Waals surface area contributed by atoms with Crippen molar-refractivity contribution in [2.75, 3.05) is 32.1 Å². The number of aryl methyl sites for hydroxylation is 1. The first-order valence-electron chi connectivity index (χ1n) is 10.2. The number of nitrogens with zero attached hydrogens (tertiary/aromatic N) is 1. The molecule has 0 unspecified atom stereocenters. The lowest BCUT2D eigenvalue weighted by Gasteiger charge is -2.15. The van der Waals surface area contributed by atoms with Crippen molar-refractivity contribution in [3.63, 3.8) is 0 Å². The Morgan fingerprint density at radius 2 is 1.80 bits per heavy atom. The summed E-state index contributed by atoms with van der Waals surface area (Å²) in [5, 5.41) is 5.66. The highest BCUT2D eigenvalue weighted by atomic mass is 16.5. The summed E-state index contributed by atoms with van der Waals surface area (Å²) in [6, 6.07) is 15.0. The number of carbonyl (C=O) groups is 2. The maximum Gasteiger partial charge on any atom is 0.267 e. The van der Waals surface area contributed by atoms with Gasteiger partial charge in [0.25, 0.3) is 11.8 Å². The van der Waals surface area contributed by atoms with Crippen LogP contribution in [0.5, 0.6) is 0 Å². The molecular weight excluding hydrogens is 378 g/mol. The van der Waals surface area contributed by atoms with Crippen LogP contribution in [0.1, 0.15) is 34.3 Å². The zero-order valence-electron chi connectivity index (χ0n) is 17.8. The van der Waals surface area contributed by atoms with Crippen LogP contribution in [0.3, 0.4) is 0 Å². The van der Waals surface area contributed by atoms with E-state index in [1.165, 1.54) is 0 Å². The van der Waals surface area contributed by atoms with Gasteiger partial charge in [0.2, 0.25) is 0 Å². The fraction of sp³-hybridized carbons (Fsp3) is 0.333. The summed E-state index contributed by atoms with van der Waals surface area (Å²) in [6.07, 6.45) is 3.66. The van der Waals surface area contributed by atoms with Gasteiger partial charge in [-0.25, -0.2) is 0 Å². The van der Waals surface area contributed by atoms with Gasteiger partial charge in [0.15, 0.2) is 0 Å². The van der Waals surface area contributed by atoms with Gasteiger partial charge in [-0.2, -0.15) is 0 Å². The summed E-state index contributed by atoms with van der Waals surface area (Å²) in [6.45, 7) is 3.12. The number of anilines is 1. The number of hydrogen-bond donors (Lipinski definition) is 2. The number of hydrogen-bond acceptors (Lipinski definition) is 4. The largest absolute Gasteiger partial charge is 0.378 e. The first-order chi connectivity index (χ1) is 14.4. The maximum absolute atomic E-state index is 12.8. The molecule has 6 heteroatoms. The molecule has 1 fully saturated rings. The van der Waals surface area contributed by atoms with Crippen molar-refractivity contribution >= 4 is 23.6 Å². The fourth-order valence-corrected chi connectivity index (χ4v) is 3.20. The number of ether oxygens (including phenoxy) is 1. The Balaban J connectivity index is 1.78. The Morgan fingerprint density at radius 3 is 2.40 bits per heavy atom. The molecule has 1 aliphatic rings. The first kappa shape index (κ1) is 21.6. The van der Waals surface area contributed by atoms with Crippen molar-refractivity contribution in [3.8, 4) is 0 Å². The normalized spacial score (nSPS) is 16.2. The lowest BCUT2D eigenvalue weighted by Crippen LogP contribution is -2.38. The molecule has 0 aromatic heterocycles. The average Bonchev–Trinajstić information content (AvgIpc) is 3.26. The third-order valence-electron chi connectivity index (χ3n) is 5.04. The minimum atomic E-state index is -0.331. The molecule has 0 saturated carbocycles. The van der Waals surface area contributed by atoms with Crippen molar-refractivity contribution in [3.05, 3.63) is 70.9 Å². The van der Waals surface area contributed by atoms with Crippen molar-refractivity contribution in [2.24, 2.45) is 0 Å². The summed E-state index contributed by atoms with van der Waals surface area (Å²) in [5.74, 6) is -0.652. The smallest absolute Gasteiger partial charge is 0.267 e.